The molecule has 1 amide bonds. The lowest BCUT2D eigenvalue weighted by molar-refractivity contribution is -0.118. The van der Waals surface area contributed by atoms with E-state index in [2.05, 4.69) is 34.0 Å². The van der Waals surface area contributed by atoms with Crippen molar-refractivity contribution in [1.82, 2.24) is 0 Å². The van der Waals surface area contributed by atoms with Crippen LogP contribution in [-0.4, -0.2) is 19.1 Å². The summed E-state index contributed by atoms with van der Waals surface area (Å²) in [4.78, 5) is 12.3. The predicted octanol–water partition coefficient (Wildman–Crippen LogP) is 6.42. The van der Waals surface area contributed by atoms with Crippen LogP contribution in [0, 0.1) is 14.9 Å². The number of hydrogen-bond acceptors (Lipinski definition) is 4. The molecule has 0 aliphatic carbocycles. The maximum atomic E-state index is 12.3. The second-order valence-electron chi connectivity index (χ2n) is 6.64. The van der Waals surface area contributed by atoms with Gasteiger partial charge in [-0.2, -0.15) is 5.26 Å². The van der Waals surface area contributed by atoms with Crippen LogP contribution >= 0.6 is 34.2 Å². The molecule has 5 nitrogen and oxygen atoms in total. The van der Waals surface area contributed by atoms with Gasteiger partial charge in [-0.05, 0) is 83.1 Å². The van der Waals surface area contributed by atoms with E-state index in [-0.39, 0.29) is 12.5 Å². The number of nitrogens with zero attached hydrogens (tertiary/aromatic N) is 1. The van der Waals surface area contributed by atoms with E-state index in [4.69, 9.17) is 21.1 Å². The first kappa shape index (κ1) is 23.6. The Morgan fingerprint density at radius 2 is 1.84 bits per heavy atom. The molecule has 0 heterocycles. The summed E-state index contributed by atoms with van der Waals surface area (Å²) in [5.41, 5.74) is 2.75. The standard InChI is InChI=1S/C25H20ClIN2O3/c1-2-31-23-14-17(12-19(15-28)18-8-10-20(26)11-9-18)13-22(27)25(23)32-16-24(30)29-21-6-4-3-5-7-21/h3-14H,2,16H2,1H3,(H,29,30)/b19-12+. The molecule has 0 unspecified atom stereocenters. The molecule has 0 fully saturated rings. The highest BCUT2D eigenvalue weighted by Crippen LogP contribution is 2.35. The summed E-state index contributed by atoms with van der Waals surface area (Å²) in [6.07, 6.45) is 1.78. The van der Waals surface area contributed by atoms with E-state index < -0.39 is 0 Å². The molecule has 0 aromatic heterocycles. The van der Waals surface area contributed by atoms with Crippen molar-refractivity contribution < 1.29 is 14.3 Å². The van der Waals surface area contributed by atoms with Gasteiger partial charge >= 0.3 is 0 Å². The second kappa shape index (κ2) is 11.6. The van der Waals surface area contributed by atoms with Gasteiger partial charge in [0.15, 0.2) is 18.1 Å². The Morgan fingerprint density at radius 1 is 1.12 bits per heavy atom. The van der Waals surface area contributed by atoms with Gasteiger partial charge in [-0.1, -0.05) is 41.9 Å². The van der Waals surface area contributed by atoms with Gasteiger partial charge in [0.25, 0.3) is 5.91 Å². The number of hydrogen-bond donors (Lipinski definition) is 1. The number of nitrogens with one attached hydrogen (secondary N) is 1. The molecule has 3 aromatic carbocycles. The van der Waals surface area contributed by atoms with E-state index in [0.717, 1.165) is 14.7 Å². The fourth-order valence-corrected chi connectivity index (χ4v) is 3.81. The number of anilines is 1. The summed E-state index contributed by atoms with van der Waals surface area (Å²) in [6.45, 7) is 2.14. The predicted molar refractivity (Wildman–Crippen MR) is 136 cm³/mol. The molecule has 0 spiro atoms. The fraction of sp³-hybridized carbons (Fsp3) is 0.120. The van der Waals surface area contributed by atoms with Gasteiger partial charge in [0.1, 0.15) is 0 Å². The van der Waals surface area contributed by atoms with Crippen LogP contribution in [0.1, 0.15) is 18.1 Å². The van der Waals surface area contributed by atoms with E-state index in [1.807, 2.05) is 43.3 Å². The molecule has 0 aliphatic rings. The van der Waals surface area contributed by atoms with Crippen LogP contribution in [0.3, 0.4) is 0 Å². The number of carbonyl (C=O) groups excluding carboxylic acids is 1. The van der Waals surface area contributed by atoms with Crippen molar-refractivity contribution in [1.29, 1.82) is 5.26 Å². The van der Waals surface area contributed by atoms with Crippen molar-refractivity contribution in [3.63, 3.8) is 0 Å². The Hall–Kier alpha value is -3.02. The Labute approximate surface area is 205 Å². The van der Waals surface area contributed by atoms with Gasteiger partial charge in [0.2, 0.25) is 0 Å². The number of benzene rings is 3. The molecule has 32 heavy (non-hydrogen) atoms. The lowest BCUT2D eigenvalue weighted by atomic mass is 10.0. The first-order chi connectivity index (χ1) is 15.5. The van der Waals surface area contributed by atoms with Crippen molar-refractivity contribution in [3.05, 3.63) is 86.4 Å². The third-order valence-corrected chi connectivity index (χ3v) is 5.38. The summed E-state index contributed by atoms with van der Waals surface area (Å²) in [6, 6.07) is 22.2. The molecular formula is C25H20ClIN2O3. The Balaban J connectivity index is 1.82. The van der Waals surface area contributed by atoms with Crippen molar-refractivity contribution in [2.75, 3.05) is 18.5 Å². The molecule has 0 saturated heterocycles. The molecule has 0 saturated carbocycles. The Kier molecular flexibility index (Phi) is 8.54. The second-order valence-corrected chi connectivity index (χ2v) is 8.24. The number of ether oxygens (including phenoxy) is 2. The van der Waals surface area contributed by atoms with E-state index in [1.54, 1.807) is 36.4 Å². The molecule has 0 bridgehead atoms. The monoisotopic (exact) mass is 558 g/mol. The van der Waals surface area contributed by atoms with Crippen molar-refractivity contribution in [3.8, 4) is 17.6 Å². The molecule has 162 valence electrons. The largest absolute Gasteiger partial charge is 0.490 e. The smallest absolute Gasteiger partial charge is 0.262 e. The topological polar surface area (TPSA) is 71.3 Å². The lowest BCUT2D eigenvalue weighted by Gasteiger charge is -2.15. The van der Waals surface area contributed by atoms with Crippen LogP contribution in [0.15, 0.2) is 66.7 Å². The Morgan fingerprint density at radius 3 is 2.50 bits per heavy atom. The molecule has 0 aliphatic heterocycles. The number of halogens is 2. The molecule has 0 radical (unpaired) electrons. The number of rotatable bonds is 8. The zero-order valence-electron chi connectivity index (χ0n) is 17.3. The normalized spacial score (nSPS) is 10.9. The van der Waals surface area contributed by atoms with Gasteiger partial charge in [0, 0.05) is 10.7 Å². The summed E-state index contributed by atoms with van der Waals surface area (Å²) in [5, 5.41) is 13.0. The zero-order chi connectivity index (χ0) is 22.9. The van der Waals surface area contributed by atoms with Crippen LogP contribution in [0.25, 0.3) is 11.6 Å². The molecule has 0 atom stereocenters. The van der Waals surface area contributed by atoms with Crippen molar-refractivity contribution >= 4 is 57.4 Å². The van der Waals surface area contributed by atoms with E-state index in [9.17, 15) is 10.1 Å². The van der Waals surface area contributed by atoms with Crippen LogP contribution in [0.2, 0.25) is 5.02 Å². The number of amides is 1. The molecular weight excluding hydrogens is 539 g/mol. The number of carbonyl (C=O) groups is 1. The van der Waals surface area contributed by atoms with Gasteiger partial charge < -0.3 is 14.8 Å². The number of nitriles is 1. The van der Waals surface area contributed by atoms with Gasteiger partial charge in [-0.3, -0.25) is 4.79 Å². The average Bonchev–Trinajstić information content (AvgIpc) is 2.78. The highest BCUT2D eigenvalue weighted by Gasteiger charge is 2.14. The van der Waals surface area contributed by atoms with Crippen LogP contribution < -0.4 is 14.8 Å². The third-order valence-electron chi connectivity index (χ3n) is 4.32. The molecule has 7 heteroatoms. The number of allylic oxidation sites excluding steroid dienone is 1. The van der Waals surface area contributed by atoms with Crippen LogP contribution in [0.4, 0.5) is 5.69 Å². The summed E-state index contributed by atoms with van der Waals surface area (Å²) in [7, 11) is 0. The first-order valence-electron chi connectivity index (χ1n) is 9.82. The minimum absolute atomic E-state index is 0.158. The van der Waals surface area contributed by atoms with Crippen molar-refractivity contribution in [2.45, 2.75) is 6.92 Å². The van der Waals surface area contributed by atoms with Gasteiger partial charge in [-0.25, -0.2) is 0 Å². The van der Waals surface area contributed by atoms with Gasteiger partial charge in [0.05, 0.1) is 21.8 Å². The summed E-state index contributed by atoms with van der Waals surface area (Å²) in [5.74, 6) is 0.720. The lowest BCUT2D eigenvalue weighted by Crippen LogP contribution is -2.20. The zero-order valence-corrected chi connectivity index (χ0v) is 20.2. The maximum absolute atomic E-state index is 12.3. The fourth-order valence-electron chi connectivity index (χ4n) is 2.91. The maximum Gasteiger partial charge on any atom is 0.262 e. The van der Waals surface area contributed by atoms with Crippen LogP contribution in [0.5, 0.6) is 11.5 Å². The molecule has 3 aromatic rings. The van der Waals surface area contributed by atoms with E-state index in [1.165, 1.54) is 0 Å². The quantitative estimate of drug-likeness (QED) is 0.197. The minimum atomic E-state index is -0.270. The SMILES string of the molecule is CCOc1cc(/C=C(\C#N)c2ccc(Cl)cc2)cc(I)c1OCC(=O)Nc1ccccc1. The average molecular weight is 559 g/mol. The first-order valence-corrected chi connectivity index (χ1v) is 11.3. The minimum Gasteiger partial charge on any atom is -0.490 e. The number of para-hydroxylation sites is 1. The Bertz CT molecular complexity index is 1160. The highest BCUT2D eigenvalue weighted by molar-refractivity contribution is 14.1. The van der Waals surface area contributed by atoms with Crippen molar-refractivity contribution in [2.24, 2.45) is 0 Å². The van der Waals surface area contributed by atoms with E-state index >= 15 is 0 Å². The third kappa shape index (κ3) is 6.49. The van der Waals surface area contributed by atoms with E-state index in [0.29, 0.717) is 34.4 Å². The summed E-state index contributed by atoms with van der Waals surface area (Å²) >= 11 is 8.08. The van der Waals surface area contributed by atoms with Crippen LogP contribution in [-0.2, 0) is 4.79 Å². The molecule has 1 N–H and O–H groups in total. The summed E-state index contributed by atoms with van der Waals surface area (Å²) < 4.78 is 12.3. The highest BCUT2D eigenvalue weighted by atomic mass is 127. The van der Waals surface area contributed by atoms with Gasteiger partial charge in [-0.15, -0.1) is 0 Å². The molecule has 3 rings (SSSR count).